The van der Waals surface area contributed by atoms with Gasteiger partial charge in [-0.15, -0.1) is 0 Å². The molecule has 7 nitrogen and oxygen atoms in total. The lowest BCUT2D eigenvalue weighted by Crippen LogP contribution is -2.44. The Labute approximate surface area is 122 Å². The van der Waals surface area contributed by atoms with Gasteiger partial charge in [0, 0.05) is 6.54 Å². The number of rotatable bonds is 5. The first kappa shape index (κ1) is 15.7. The van der Waals surface area contributed by atoms with Gasteiger partial charge >= 0.3 is 0 Å². The number of phenols is 1. The van der Waals surface area contributed by atoms with Gasteiger partial charge in [0.1, 0.15) is 5.75 Å². The topological polar surface area (TPSA) is 122 Å². The molecular formula is C14H20N2O5. The molecule has 1 aromatic rings. The summed E-state index contributed by atoms with van der Waals surface area (Å²) in [5.74, 6) is -0.154. The first-order valence-corrected chi connectivity index (χ1v) is 6.79. The summed E-state index contributed by atoms with van der Waals surface area (Å²) in [5.41, 5.74) is 0.681. The van der Waals surface area contributed by atoms with Gasteiger partial charge in [-0.25, -0.2) is 0 Å². The first-order valence-electron chi connectivity index (χ1n) is 6.79. The van der Waals surface area contributed by atoms with Crippen molar-refractivity contribution in [2.75, 3.05) is 13.2 Å². The molecule has 0 aliphatic carbocycles. The zero-order valence-electron chi connectivity index (χ0n) is 11.4. The van der Waals surface area contributed by atoms with Crippen LogP contribution in [0.25, 0.3) is 0 Å². The SMILES string of the molecule is O=C(Cc1cccc(O)c1)NC[C@H]1N[C@H](CO)[C@@H](O)[C@@H]1O. The van der Waals surface area contributed by atoms with Crippen molar-refractivity contribution in [3.05, 3.63) is 29.8 Å². The third-order valence-electron chi connectivity index (χ3n) is 3.59. The lowest BCUT2D eigenvalue weighted by molar-refractivity contribution is -0.120. The molecule has 1 saturated heterocycles. The van der Waals surface area contributed by atoms with E-state index < -0.39 is 24.3 Å². The van der Waals surface area contributed by atoms with Gasteiger partial charge in [0.15, 0.2) is 0 Å². The summed E-state index contributed by atoms with van der Waals surface area (Å²) in [7, 11) is 0. The Morgan fingerprint density at radius 3 is 2.57 bits per heavy atom. The smallest absolute Gasteiger partial charge is 0.224 e. The molecule has 1 amide bonds. The molecule has 1 aliphatic heterocycles. The third-order valence-corrected chi connectivity index (χ3v) is 3.59. The molecule has 1 heterocycles. The van der Waals surface area contributed by atoms with E-state index in [1.54, 1.807) is 12.1 Å². The predicted octanol–water partition coefficient (Wildman–Crippen LogP) is -1.89. The number of phenolic OH excluding ortho intramolecular Hbond substituents is 1. The maximum Gasteiger partial charge on any atom is 0.224 e. The number of nitrogens with one attached hydrogen (secondary N) is 2. The van der Waals surface area contributed by atoms with Gasteiger partial charge in [-0.05, 0) is 17.7 Å². The van der Waals surface area contributed by atoms with Crippen LogP contribution >= 0.6 is 0 Å². The Balaban J connectivity index is 1.82. The summed E-state index contributed by atoms with van der Waals surface area (Å²) in [5, 5.41) is 43.3. The molecule has 0 bridgehead atoms. The van der Waals surface area contributed by atoms with Crippen LogP contribution in [0.4, 0.5) is 0 Å². The predicted molar refractivity (Wildman–Crippen MR) is 74.6 cm³/mol. The third kappa shape index (κ3) is 3.92. The molecule has 0 unspecified atom stereocenters. The van der Waals surface area contributed by atoms with Crippen molar-refractivity contribution in [2.24, 2.45) is 0 Å². The number of hydrogen-bond acceptors (Lipinski definition) is 6. The fourth-order valence-corrected chi connectivity index (χ4v) is 2.43. The van der Waals surface area contributed by atoms with Gasteiger partial charge in [0.2, 0.25) is 5.91 Å². The van der Waals surface area contributed by atoms with Crippen molar-refractivity contribution < 1.29 is 25.2 Å². The molecule has 0 spiro atoms. The molecule has 1 fully saturated rings. The number of amides is 1. The summed E-state index contributed by atoms with van der Waals surface area (Å²) in [6, 6.07) is 5.32. The van der Waals surface area contributed by atoms with E-state index >= 15 is 0 Å². The quantitative estimate of drug-likeness (QED) is 0.378. The van der Waals surface area contributed by atoms with Gasteiger partial charge in [-0.2, -0.15) is 0 Å². The molecule has 1 aromatic carbocycles. The number of carbonyl (C=O) groups is 1. The molecule has 4 atom stereocenters. The molecule has 21 heavy (non-hydrogen) atoms. The molecular weight excluding hydrogens is 276 g/mol. The first-order chi connectivity index (χ1) is 10.0. The zero-order valence-corrected chi connectivity index (χ0v) is 11.4. The highest BCUT2D eigenvalue weighted by Crippen LogP contribution is 2.14. The monoisotopic (exact) mass is 296 g/mol. The van der Waals surface area contributed by atoms with Crippen LogP contribution in [0.5, 0.6) is 5.75 Å². The Morgan fingerprint density at radius 2 is 1.95 bits per heavy atom. The summed E-state index contributed by atoms with van der Waals surface area (Å²) in [4.78, 5) is 11.8. The minimum Gasteiger partial charge on any atom is -0.508 e. The van der Waals surface area contributed by atoms with Crippen LogP contribution in [0.15, 0.2) is 24.3 Å². The van der Waals surface area contributed by atoms with Crippen molar-refractivity contribution in [1.29, 1.82) is 0 Å². The number of hydrogen-bond donors (Lipinski definition) is 6. The van der Waals surface area contributed by atoms with Gasteiger partial charge in [0.25, 0.3) is 0 Å². The minimum absolute atomic E-state index is 0.0992. The average Bonchev–Trinajstić information content (AvgIpc) is 2.72. The zero-order chi connectivity index (χ0) is 15.4. The van der Waals surface area contributed by atoms with Crippen LogP contribution in [0, 0.1) is 0 Å². The maximum atomic E-state index is 11.8. The fraction of sp³-hybridized carbons (Fsp3) is 0.500. The standard InChI is InChI=1S/C14H20N2O5/c17-7-11-14(21)13(20)10(16-11)6-15-12(19)5-8-2-1-3-9(18)4-8/h1-4,10-11,13-14,16-18,20-21H,5-7H2,(H,15,19)/t10-,11-,13-,14-/m1/s1. The van der Waals surface area contributed by atoms with Crippen molar-refractivity contribution in [1.82, 2.24) is 10.6 Å². The van der Waals surface area contributed by atoms with Crippen LogP contribution in [0.3, 0.4) is 0 Å². The van der Waals surface area contributed by atoms with Crippen molar-refractivity contribution in [3.8, 4) is 5.75 Å². The van der Waals surface area contributed by atoms with E-state index in [1.807, 2.05) is 0 Å². The summed E-state index contributed by atoms with van der Waals surface area (Å²) < 4.78 is 0. The Bertz CT molecular complexity index is 496. The van der Waals surface area contributed by atoms with Crippen molar-refractivity contribution in [3.63, 3.8) is 0 Å². The molecule has 7 heteroatoms. The van der Waals surface area contributed by atoms with E-state index in [2.05, 4.69) is 10.6 Å². The van der Waals surface area contributed by atoms with Crippen LogP contribution in [0.2, 0.25) is 0 Å². The van der Waals surface area contributed by atoms with Crippen LogP contribution in [-0.2, 0) is 11.2 Å². The second kappa shape index (κ2) is 6.86. The Hall–Kier alpha value is -1.67. The van der Waals surface area contributed by atoms with E-state index in [9.17, 15) is 20.1 Å². The number of aliphatic hydroxyl groups excluding tert-OH is 3. The fourth-order valence-electron chi connectivity index (χ4n) is 2.43. The summed E-state index contributed by atoms with van der Waals surface area (Å²) >= 11 is 0. The minimum atomic E-state index is -1.05. The molecule has 0 aromatic heterocycles. The van der Waals surface area contributed by atoms with Gasteiger partial charge < -0.3 is 31.1 Å². The lowest BCUT2D eigenvalue weighted by atomic mass is 10.1. The van der Waals surface area contributed by atoms with Crippen molar-refractivity contribution >= 4 is 5.91 Å². The Morgan fingerprint density at radius 1 is 1.24 bits per heavy atom. The maximum absolute atomic E-state index is 11.8. The number of aliphatic hydroxyl groups is 3. The molecule has 0 saturated carbocycles. The number of aromatic hydroxyl groups is 1. The molecule has 1 aliphatic rings. The highest BCUT2D eigenvalue weighted by atomic mass is 16.3. The van der Waals surface area contributed by atoms with Crippen LogP contribution < -0.4 is 10.6 Å². The molecule has 0 radical (unpaired) electrons. The van der Waals surface area contributed by atoms with Crippen molar-refractivity contribution in [2.45, 2.75) is 30.7 Å². The largest absolute Gasteiger partial charge is 0.508 e. The summed E-state index contributed by atoms with van der Waals surface area (Å²) in [6.07, 6.45) is -1.98. The molecule has 2 rings (SSSR count). The number of benzene rings is 1. The second-order valence-electron chi connectivity index (χ2n) is 5.19. The van der Waals surface area contributed by atoms with E-state index in [1.165, 1.54) is 12.1 Å². The lowest BCUT2D eigenvalue weighted by Gasteiger charge is -2.16. The van der Waals surface area contributed by atoms with Gasteiger partial charge in [0.05, 0.1) is 37.3 Å². The van der Waals surface area contributed by atoms with E-state index in [0.717, 1.165) is 0 Å². The number of carbonyl (C=O) groups excluding carboxylic acids is 1. The van der Waals surface area contributed by atoms with Gasteiger partial charge in [-0.1, -0.05) is 12.1 Å². The normalized spacial score (nSPS) is 28.5. The second-order valence-corrected chi connectivity index (χ2v) is 5.19. The van der Waals surface area contributed by atoms with E-state index in [-0.39, 0.29) is 31.2 Å². The van der Waals surface area contributed by atoms with E-state index in [0.29, 0.717) is 5.56 Å². The highest BCUT2D eigenvalue weighted by Gasteiger charge is 2.40. The Kier molecular flexibility index (Phi) is 5.13. The molecule has 116 valence electrons. The van der Waals surface area contributed by atoms with Crippen LogP contribution in [0.1, 0.15) is 5.56 Å². The highest BCUT2D eigenvalue weighted by molar-refractivity contribution is 5.78. The summed E-state index contributed by atoms with van der Waals surface area (Å²) in [6.45, 7) is -0.141. The average molecular weight is 296 g/mol. The molecule has 6 N–H and O–H groups in total. The van der Waals surface area contributed by atoms with Crippen LogP contribution in [-0.4, -0.2) is 63.8 Å². The van der Waals surface area contributed by atoms with E-state index in [4.69, 9.17) is 5.11 Å². The van der Waals surface area contributed by atoms with Gasteiger partial charge in [-0.3, -0.25) is 4.79 Å².